The second-order valence-electron chi connectivity index (χ2n) is 2.60. The molecule has 13 heavy (non-hydrogen) atoms. The van der Waals surface area contributed by atoms with Gasteiger partial charge >= 0.3 is 6.18 Å². The summed E-state index contributed by atoms with van der Waals surface area (Å²) in [5.74, 6) is 0. The van der Waals surface area contributed by atoms with Gasteiger partial charge in [0.1, 0.15) is 4.83 Å². The smallest absolute Gasteiger partial charge is 0.267 e. The molecule has 0 atom stereocenters. The van der Waals surface area contributed by atoms with Crippen LogP contribution in [0.4, 0.5) is 13.2 Å². The summed E-state index contributed by atoms with van der Waals surface area (Å²) in [5, 5.41) is 8.44. The molecule has 0 amide bonds. The molecule has 2 aromatic rings. The molecule has 2 rings (SSSR count). The van der Waals surface area contributed by atoms with Gasteiger partial charge in [-0.2, -0.15) is 18.3 Å². The average molecular weight is 205 g/mol. The van der Waals surface area contributed by atoms with E-state index in [1.165, 1.54) is 0 Å². The van der Waals surface area contributed by atoms with Crippen molar-refractivity contribution < 1.29 is 13.2 Å². The van der Waals surface area contributed by atoms with Gasteiger partial charge < -0.3 is 0 Å². The lowest BCUT2D eigenvalue weighted by molar-refractivity contribution is -0.139. The predicted octanol–water partition coefficient (Wildman–Crippen LogP) is 2.75. The van der Waals surface area contributed by atoms with E-state index >= 15 is 0 Å². The summed E-state index contributed by atoms with van der Waals surface area (Å²) < 4.78 is 37.0. The highest BCUT2D eigenvalue weighted by atomic mass is 32.1. The van der Waals surface area contributed by atoms with Crippen molar-refractivity contribution >= 4 is 21.6 Å². The van der Waals surface area contributed by atoms with Crippen LogP contribution in [0, 0.1) is 12.3 Å². The first-order valence-corrected chi connectivity index (χ1v) is 4.24. The number of fused-ring (bicyclic) bond motifs is 1. The Hall–Kier alpha value is -1.04. The van der Waals surface area contributed by atoms with Crippen LogP contribution in [0.5, 0.6) is 0 Å². The lowest BCUT2D eigenvalue weighted by Gasteiger charge is -2.01. The molecule has 1 N–H and O–H groups in total. The molecule has 0 bridgehead atoms. The van der Waals surface area contributed by atoms with E-state index in [2.05, 4.69) is 15.6 Å². The normalized spacial score (nSPS) is 12.6. The van der Waals surface area contributed by atoms with Crippen molar-refractivity contribution in [2.45, 2.75) is 13.1 Å². The number of thiophene rings is 1. The fourth-order valence-corrected chi connectivity index (χ4v) is 1.93. The van der Waals surface area contributed by atoms with E-state index in [4.69, 9.17) is 0 Å². The van der Waals surface area contributed by atoms with Crippen LogP contribution in [0.25, 0.3) is 10.2 Å². The summed E-state index contributed by atoms with van der Waals surface area (Å²) in [7, 11) is 0. The van der Waals surface area contributed by atoms with E-state index in [0.717, 1.165) is 11.3 Å². The lowest BCUT2D eigenvalue weighted by Crippen LogP contribution is -2.06. The highest BCUT2D eigenvalue weighted by Gasteiger charge is 2.36. The quantitative estimate of drug-likeness (QED) is 0.703. The van der Waals surface area contributed by atoms with Crippen molar-refractivity contribution in [3.05, 3.63) is 16.6 Å². The minimum atomic E-state index is -4.39. The zero-order chi connectivity index (χ0) is 9.64. The second-order valence-corrected chi connectivity index (χ2v) is 3.42. The highest BCUT2D eigenvalue weighted by molar-refractivity contribution is 7.16. The fraction of sp³-hybridized carbons (Fsp3) is 0.286. The van der Waals surface area contributed by atoms with Crippen LogP contribution in [0.15, 0.2) is 0 Å². The van der Waals surface area contributed by atoms with Gasteiger partial charge in [-0.1, -0.05) is 0 Å². The van der Waals surface area contributed by atoms with Crippen molar-refractivity contribution in [3.63, 3.8) is 0 Å². The summed E-state index contributed by atoms with van der Waals surface area (Å²) >= 11 is 1.11. The third kappa shape index (κ3) is 1.21. The molecule has 0 spiro atoms. The van der Waals surface area contributed by atoms with Crippen LogP contribution < -0.4 is 0 Å². The van der Waals surface area contributed by atoms with E-state index in [1.807, 2.05) is 0 Å². The van der Waals surface area contributed by atoms with Crippen LogP contribution in [-0.4, -0.2) is 10.2 Å². The maximum atomic E-state index is 12.3. The Morgan fingerprint density at radius 1 is 1.46 bits per heavy atom. The van der Waals surface area contributed by atoms with Crippen LogP contribution in [0.1, 0.15) is 11.3 Å². The number of aromatic amines is 1. The summed E-state index contributed by atoms with van der Waals surface area (Å²) in [6, 6.07) is 0. The second kappa shape index (κ2) is 2.47. The molecule has 1 radical (unpaired) electrons. The number of aromatic nitrogens is 2. The minimum absolute atomic E-state index is 0.137. The first-order valence-electron chi connectivity index (χ1n) is 3.42. The third-order valence-corrected chi connectivity index (χ3v) is 2.59. The van der Waals surface area contributed by atoms with Crippen molar-refractivity contribution in [1.82, 2.24) is 10.2 Å². The maximum absolute atomic E-state index is 12.3. The number of alkyl halides is 3. The van der Waals surface area contributed by atoms with Crippen LogP contribution >= 0.6 is 11.3 Å². The largest absolute Gasteiger partial charge is 0.435 e. The van der Waals surface area contributed by atoms with E-state index in [0.29, 0.717) is 10.4 Å². The third-order valence-electron chi connectivity index (χ3n) is 1.68. The van der Waals surface area contributed by atoms with Gasteiger partial charge in [0.2, 0.25) is 0 Å². The molecule has 69 valence electrons. The van der Waals surface area contributed by atoms with Crippen molar-refractivity contribution in [2.24, 2.45) is 0 Å². The monoisotopic (exact) mass is 205 g/mol. The Morgan fingerprint density at radius 3 is 2.77 bits per heavy atom. The first-order chi connectivity index (χ1) is 6.00. The fourth-order valence-electron chi connectivity index (χ4n) is 1.13. The number of rotatable bonds is 0. The van der Waals surface area contributed by atoms with Gasteiger partial charge in [-0.05, 0) is 12.5 Å². The Labute approximate surface area is 75.4 Å². The molecule has 0 aliphatic heterocycles. The molecule has 0 aliphatic carbocycles. The minimum Gasteiger partial charge on any atom is -0.267 e. The molecule has 0 aliphatic rings. The van der Waals surface area contributed by atoms with Gasteiger partial charge in [-0.25, -0.2) is 0 Å². The topological polar surface area (TPSA) is 28.7 Å². The maximum Gasteiger partial charge on any atom is 0.435 e. The van der Waals surface area contributed by atoms with Gasteiger partial charge in [-0.3, -0.25) is 5.10 Å². The molecule has 0 aromatic carbocycles. The summed E-state index contributed by atoms with van der Waals surface area (Å²) in [4.78, 5) is 0.421. The van der Waals surface area contributed by atoms with Gasteiger partial charge in [0, 0.05) is 5.39 Å². The number of nitrogens with zero attached hydrogens (tertiary/aromatic N) is 1. The van der Waals surface area contributed by atoms with E-state index in [1.54, 1.807) is 6.92 Å². The van der Waals surface area contributed by atoms with Gasteiger partial charge in [0.15, 0.2) is 5.69 Å². The lowest BCUT2D eigenvalue weighted by atomic mass is 10.2. The van der Waals surface area contributed by atoms with Crippen LogP contribution in [-0.2, 0) is 6.18 Å². The predicted molar refractivity (Wildman–Crippen MR) is 42.5 cm³/mol. The average Bonchev–Trinajstić information content (AvgIpc) is 2.51. The summed E-state index contributed by atoms with van der Waals surface area (Å²) in [6.45, 7) is 1.59. The SMILES string of the molecule is Cc1[c]sc2[nH]nc(C(F)(F)F)c12. The van der Waals surface area contributed by atoms with E-state index in [9.17, 15) is 13.2 Å². The van der Waals surface area contributed by atoms with E-state index < -0.39 is 11.9 Å². The van der Waals surface area contributed by atoms with Crippen LogP contribution in [0.2, 0.25) is 0 Å². The highest BCUT2D eigenvalue weighted by Crippen LogP contribution is 2.36. The Balaban J connectivity index is 2.76. The number of aryl methyl sites for hydroxylation is 1. The molecule has 0 unspecified atom stereocenters. The molecule has 0 saturated carbocycles. The standard InChI is InChI=1S/C7H4F3N2S/c1-3-2-13-6-4(3)5(11-12-6)7(8,9)10/h1H3,(H,11,12). The molecular formula is C7H4F3N2S. The number of hydrogen-bond acceptors (Lipinski definition) is 2. The molecular weight excluding hydrogens is 201 g/mol. The summed E-state index contributed by atoms with van der Waals surface area (Å²) in [5.41, 5.74) is -0.362. The van der Waals surface area contributed by atoms with Crippen molar-refractivity contribution in [3.8, 4) is 0 Å². The zero-order valence-corrected chi connectivity index (χ0v) is 7.31. The van der Waals surface area contributed by atoms with Gasteiger partial charge in [0.25, 0.3) is 0 Å². The molecule has 2 aromatic heterocycles. The van der Waals surface area contributed by atoms with Gasteiger partial charge in [-0.15, -0.1) is 11.3 Å². The Morgan fingerprint density at radius 2 is 2.15 bits per heavy atom. The van der Waals surface area contributed by atoms with Crippen molar-refractivity contribution in [1.29, 1.82) is 0 Å². The van der Waals surface area contributed by atoms with Crippen LogP contribution in [0.3, 0.4) is 0 Å². The molecule has 0 fully saturated rings. The van der Waals surface area contributed by atoms with E-state index in [-0.39, 0.29) is 5.39 Å². The molecule has 0 saturated heterocycles. The Bertz CT molecular complexity index is 440. The molecule has 6 heteroatoms. The molecule has 2 nitrogen and oxygen atoms in total. The number of H-pyrrole nitrogens is 1. The summed E-state index contributed by atoms with van der Waals surface area (Å²) in [6.07, 6.45) is -4.39. The zero-order valence-electron chi connectivity index (χ0n) is 6.49. The molecule has 2 heterocycles. The Kier molecular flexibility index (Phi) is 1.63. The number of hydrogen-bond donors (Lipinski definition) is 1. The number of halogens is 3. The van der Waals surface area contributed by atoms with Gasteiger partial charge in [0.05, 0.1) is 5.38 Å². The first kappa shape index (κ1) is 8.55. The number of nitrogens with one attached hydrogen (secondary N) is 1. The van der Waals surface area contributed by atoms with Crippen molar-refractivity contribution in [2.75, 3.05) is 0 Å².